The number of hydrogen-bond donors (Lipinski definition) is 2. The van der Waals surface area contributed by atoms with Gasteiger partial charge in [-0.2, -0.15) is 0 Å². The Balaban J connectivity index is 1.64. The summed E-state index contributed by atoms with van der Waals surface area (Å²) < 4.78 is 5.85. The van der Waals surface area contributed by atoms with Crippen LogP contribution in [0.25, 0.3) is 22.1 Å². The number of anilines is 1. The quantitative estimate of drug-likeness (QED) is 0.583. The highest BCUT2D eigenvalue weighted by Crippen LogP contribution is 2.30. The summed E-state index contributed by atoms with van der Waals surface area (Å²) in [5, 5.41) is 14.9. The Bertz CT molecular complexity index is 1020. The molecule has 5 nitrogen and oxygen atoms in total. The van der Waals surface area contributed by atoms with Crippen LogP contribution in [0.15, 0.2) is 59.3 Å². The van der Waals surface area contributed by atoms with Gasteiger partial charge in [0.05, 0.1) is 6.10 Å². The van der Waals surface area contributed by atoms with Crippen LogP contribution in [0.1, 0.15) is 11.7 Å². The summed E-state index contributed by atoms with van der Waals surface area (Å²) in [4.78, 5) is 8.53. The van der Waals surface area contributed by atoms with Crippen molar-refractivity contribution >= 4 is 39.5 Å². The predicted molar refractivity (Wildman–Crippen MR) is 94.2 cm³/mol. The van der Waals surface area contributed by atoms with Crippen LogP contribution in [0.4, 0.5) is 5.82 Å². The SMILES string of the molecule is OC(CNc1ncnc2c1oc1ccccc12)c1ccccc1Cl. The van der Waals surface area contributed by atoms with Crippen molar-refractivity contribution in [2.45, 2.75) is 6.10 Å². The lowest BCUT2D eigenvalue weighted by Crippen LogP contribution is -2.13. The third kappa shape index (κ3) is 2.58. The minimum absolute atomic E-state index is 0.257. The molecule has 0 spiro atoms. The van der Waals surface area contributed by atoms with E-state index in [0.29, 0.717) is 22.0 Å². The van der Waals surface area contributed by atoms with Crippen LogP contribution in [0.3, 0.4) is 0 Å². The van der Waals surface area contributed by atoms with Crippen molar-refractivity contribution in [1.82, 2.24) is 9.97 Å². The van der Waals surface area contributed by atoms with Crippen LogP contribution < -0.4 is 5.32 Å². The van der Waals surface area contributed by atoms with E-state index in [-0.39, 0.29) is 6.54 Å². The summed E-state index contributed by atoms with van der Waals surface area (Å²) in [6, 6.07) is 14.9. The van der Waals surface area contributed by atoms with Crippen molar-refractivity contribution in [3.63, 3.8) is 0 Å². The first kappa shape index (κ1) is 14.9. The molecule has 1 unspecified atom stereocenters. The van der Waals surface area contributed by atoms with Crippen LogP contribution in [0.2, 0.25) is 5.02 Å². The molecule has 1 atom stereocenters. The minimum Gasteiger partial charge on any atom is -0.450 e. The van der Waals surface area contributed by atoms with Gasteiger partial charge >= 0.3 is 0 Å². The highest BCUT2D eigenvalue weighted by atomic mass is 35.5. The Morgan fingerprint density at radius 1 is 1.08 bits per heavy atom. The highest BCUT2D eigenvalue weighted by Gasteiger charge is 2.15. The van der Waals surface area contributed by atoms with E-state index in [1.54, 1.807) is 12.1 Å². The lowest BCUT2D eigenvalue weighted by molar-refractivity contribution is 0.191. The van der Waals surface area contributed by atoms with Crippen molar-refractivity contribution in [3.8, 4) is 0 Å². The Morgan fingerprint density at radius 3 is 2.75 bits per heavy atom. The lowest BCUT2D eigenvalue weighted by atomic mass is 10.1. The molecular weight excluding hydrogens is 326 g/mol. The first-order valence-corrected chi connectivity index (χ1v) is 7.90. The normalized spacial score (nSPS) is 12.6. The number of nitrogens with one attached hydrogen (secondary N) is 1. The summed E-state index contributed by atoms with van der Waals surface area (Å²) in [6.07, 6.45) is 0.724. The van der Waals surface area contributed by atoms with Crippen LogP contribution >= 0.6 is 11.6 Å². The Morgan fingerprint density at radius 2 is 1.88 bits per heavy atom. The van der Waals surface area contributed by atoms with E-state index in [4.69, 9.17) is 16.0 Å². The molecule has 120 valence electrons. The molecule has 0 aliphatic carbocycles. The third-order valence-corrected chi connectivity index (χ3v) is 4.23. The van der Waals surface area contributed by atoms with Crippen molar-refractivity contribution < 1.29 is 9.52 Å². The number of rotatable bonds is 4. The maximum atomic E-state index is 10.4. The smallest absolute Gasteiger partial charge is 0.196 e. The van der Waals surface area contributed by atoms with Gasteiger partial charge in [0, 0.05) is 22.5 Å². The first-order chi connectivity index (χ1) is 11.7. The standard InChI is InChI=1S/C18H14ClN3O2/c19-13-7-3-1-5-11(13)14(23)9-20-18-17-16(21-10-22-18)12-6-2-4-8-15(12)24-17/h1-8,10,14,23H,9H2,(H,20,21,22). The molecule has 4 rings (SSSR count). The van der Waals surface area contributed by atoms with Crippen molar-refractivity contribution in [1.29, 1.82) is 0 Å². The van der Waals surface area contributed by atoms with Gasteiger partial charge in [-0.05, 0) is 18.2 Å². The number of aliphatic hydroxyl groups is 1. The number of fused-ring (bicyclic) bond motifs is 3. The van der Waals surface area contributed by atoms with Gasteiger partial charge in [0.25, 0.3) is 0 Å². The summed E-state index contributed by atoms with van der Waals surface area (Å²) >= 11 is 6.12. The first-order valence-electron chi connectivity index (χ1n) is 7.52. The monoisotopic (exact) mass is 339 g/mol. The predicted octanol–water partition coefficient (Wildman–Crippen LogP) is 4.17. The summed E-state index contributed by atoms with van der Waals surface area (Å²) in [5.74, 6) is 0.544. The van der Waals surface area contributed by atoms with Gasteiger partial charge in [-0.25, -0.2) is 9.97 Å². The molecule has 0 fully saturated rings. The molecule has 2 aromatic carbocycles. The fourth-order valence-corrected chi connectivity index (χ4v) is 2.96. The lowest BCUT2D eigenvalue weighted by Gasteiger charge is -2.13. The van der Waals surface area contributed by atoms with Crippen LogP contribution in [0.5, 0.6) is 0 Å². The molecule has 0 radical (unpaired) electrons. The van der Waals surface area contributed by atoms with Gasteiger partial charge in [0.15, 0.2) is 11.4 Å². The van der Waals surface area contributed by atoms with E-state index >= 15 is 0 Å². The minimum atomic E-state index is -0.756. The molecule has 0 amide bonds. The molecule has 0 aliphatic heterocycles. The number of aromatic nitrogens is 2. The van der Waals surface area contributed by atoms with E-state index in [0.717, 1.165) is 16.5 Å². The van der Waals surface area contributed by atoms with Gasteiger partial charge in [-0.15, -0.1) is 0 Å². The van der Waals surface area contributed by atoms with Crippen molar-refractivity contribution in [3.05, 3.63) is 65.4 Å². The second kappa shape index (κ2) is 6.11. The number of nitrogens with zero attached hydrogens (tertiary/aromatic N) is 2. The van der Waals surface area contributed by atoms with Crippen LogP contribution in [-0.4, -0.2) is 21.6 Å². The molecule has 2 N–H and O–H groups in total. The van der Waals surface area contributed by atoms with E-state index in [1.807, 2.05) is 36.4 Å². The van der Waals surface area contributed by atoms with Crippen LogP contribution in [0, 0.1) is 0 Å². The van der Waals surface area contributed by atoms with E-state index in [2.05, 4.69) is 15.3 Å². The van der Waals surface area contributed by atoms with E-state index < -0.39 is 6.10 Å². The van der Waals surface area contributed by atoms with Crippen molar-refractivity contribution in [2.24, 2.45) is 0 Å². The van der Waals surface area contributed by atoms with Gasteiger partial charge in [-0.3, -0.25) is 0 Å². The molecule has 4 aromatic rings. The van der Waals surface area contributed by atoms with E-state index in [1.165, 1.54) is 6.33 Å². The molecule has 2 heterocycles. The Kier molecular flexibility index (Phi) is 3.80. The fourth-order valence-electron chi connectivity index (χ4n) is 2.70. The zero-order valence-corrected chi connectivity index (χ0v) is 13.4. The fraction of sp³-hybridized carbons (Fsp3) is 0.111. The molecule has 0 aliphatic rings. The molecular formula is C18H14ClN3O2. The Hall–Kier alpha value is -2.63. The second-order valence-corrected chi connectivity index (χ2v) is 5.82. The highest BCUT2D eigenvalue weighted by molar-refractivity contribution is 6.31. The molecule has 0 saturated carbocycles. The zero-order chi connectivity index (χ0) is 16.5. The van der Waals surface area contributed by atoms with Gasteiger partial charge in [0.1, 0.15) is 17.4 Å². The van der Waals surface area contributed by atoms with E-state index in [9.17, 15) is 5.11 Å². The summed E-state index contributed by atoms with van der Waals surface area (Å²) in [7, 11) is 0. The van der Waals surface area contributed by atoms with Gasteiger partial charge in [-0.1, -0.05) is 41.9 Å². The number of hydrogen-bond acceptors (Lipinski definition) is 5. The number of benzene rings is 2. The molecule has 0 bridgehead atoms. The zero-order valence-electron chi connectivity index (χ0n) is 12.6. The average molecular weight is 340 g/mol. The van der Waals surface area contributed by atoms with Crippen molar-refractivity contribution in [2.75, 3.05) is 11.9 Å². The number of furan rings is 1. The number of halogens is 1. The largest absolute Gasteiger partial charge is 0.450 e. The molecule has 2 aromatic heterocycles. The maximum absolute atomic E-state index is 10.4. The number of para-hydroxylation sites is 1. The van der Waals surface area contributed by atoms with Crippen LogP contribution in [-0.2, 0) is 0 Å². The van der Waals surface area contributed by atoms with Gasteiger partial charge in [0.2, 0.25) is 0 Å². The average Bonchev–Trinajstić information content (AvgIpc) is 2.99. The second-order valence-electron chi connectivity index (χ2n) is 5.42. The Labute approximate surface area is 142 Å². The third-order valence-electron chi connectivity index (χ3n) is 3.89. The van der Waals surface area contributed by atoms with Gasteiger partial charge < -0.3 is 14.8 Å². The summed E-state index contributed by atoms with van der Waals surface area (Å²) in [5.41, 5.74) is 2.74. The molecule has 24 heavy (non-hydrogen) atoms. The molecule has 0 saturated heterocycles. The molecule has 6 heteroatoms. The number of aliphatic hydroxyl groups excluding tert-OH is 1. The topological polar surface area (TPSA) is 71.2 Å². The maximum Gasteiger partial charge on any atom is 0.196 e. The summed E-state index contributed by atoms with van der Waals surface area (Å²) in [6.45, 7) is 0.257.